The number of benzene rings is 2. The predicted molar refractivity (Wildman–Crippen MR) is 219 cm³/mol. The van der Waals surface area contributed by atoms with E-state index in [1.807, 2.05) is 12.1 Å². The van der Waals surface area contributed by atoms with Crippen LogP contribution in [0, 0.1) is 11.8 Å². The summed E-state index contributed by atoms with van der Waals surface area (Å²) >= 11 is 6.48. The lowest BCUT2D eigenvalue weighted by molar-refractivity contribution is -0.146. The normalized spacial score (nSPS) is 28.3. The van der Waals surface area contributed by atoms with Crippen molar-refractivity contribution in [2.24, 2.45) is 23.2 Å². The quantitative estimate of drug-likeness (QED) is 0.198. The molecule has 1 spiro atoms. The monoisotopic (exact) mass is 823 g/mol. The zero-order valence-electron chi connectivity index (χ0n) is 33.8. The van der Waals surface area contributed by atoms with Crippen molar-refractivity contribution >= 4 is 45.0 Å². The number of amides is 2. The molecule has 1 N–H and O–H groups in total. The van der Waals surface area contributed by atoms with Crippen molar-refractivity contribution in [2.75, 3.05) is 38.8 Å². The van der Waals surface area contributed by atoms with E-state index in [9.17, 15) is 14.4 Å². The van der Waals surface area contributed by atoms with Gasteiger partial charge in [-0.3, -0.25) is 23.8 Å². The number of aryl methyl sites for hydroxylation is 2. The molecule has 2 bridgehead atoms. The Labute approximate surface area is 340 Å². The number of rotatable bonds is 7. The lowest BCUT2D eigenvalue weighted by atomic mass is 9.70. The van der Waals surface area contributed by atoms with Crippen molar-refractivity contribution in [2.45, 2.75) is 89.1 Å². The molecule has 0 radical (unpaired) electrons. The summed E-state index contributed by atoms with van der Waals surface area (Å²) in [6, 6.07) is 11.3. The number of nitrogens with one attached hydrogen (secondary N) is 1. The van der Waals surface area contributed by atoms with Gasteiger partial charge in [0, 0.05) is 62.3 Å². The predicted octanol–water partition coefficient (Wildman–Crippen LogP) is 6.86. The van der Waals surface area contributed by atoms with Crippen molar-refractivity contribution in [1.82, 2.24) is 14.5 Å². The molecular weight excluding hydrogens is 770 g/mol. The number of anilines is 1. The summed E-state index contributed by atoms with van der Waals surface area (Å²) in [5.41, 5.74) is 3.00. The van der Waals surface area contributed by atoms with Crippen LogP contribution in [-0.2, 0) is 43.1 Å². The molecule has 2 amide bonds. The average molecular weight is 824 g/mol. The van der Waals surface area contributed by atoms with Gasteiger partial charge in [0.25, 0.3) is 11.8 Å². The molecule has 2 aliphatic heterocycles. The van der Waals surface area contributed by atoms with Crippen LogP contribution in [0.25, 0.3) is 0 Å². The summed E-state index contributed by atoms with van der Waals surface area (Å²) in [7, 11) is 0.715. The highest BCUT2D eigenvalue weighted by molar-refractivity contribution is 7.93. The fourth-order valence-corrected chi connectivity index (χ4v) is 10.6. The fraction of sp³-hybridized carbons (Fsp3) is 0.524. The second-order valence-electron chi connectivity index (χ2n) is 15.5. The van der Waals surface area contributed by atoms with Crippen LogP contribution in [0.5, 0.6) is 11.6 Å². The fourth-order valence-electron chi connectivity index (χ4n) is 8.50. The van der Waals surface area contributed by atoms with Crippen LogP contribution in [0.2, 0.25) is 5.02 Å². The molecule has 308 valence electrons. The van der Waals surface area contributed by atoms with Gasteiger partial charge in [0.15, 0.2) is 0 Å². The maximum Gasteiger partial charge on any atom is 0.303 e. The maximum atomic E-state index is 15.2. The van der Waals surface area contributed by atoms with E-state index in [0.717, 1.165) is 44.2 Å². The summed E-state index contributed by atoms with van der Waals surface area (Å²) in [6.07, 6.45) is 9.22. The SMILES string of the molecule is CCC[C@@H]1CCN2C[C@@]3(CCCc4cc(Cl)ccc43)COc3ccc(cc32)C(=O)N=S(=O)(NC(=O)c2cn(C)nc2OC)[C@H](C)[C@@H](C)[C@H](OC(C)=O)/C=C/[C@@H]1OC. The van der Waals surface area contributed by atoms with Crippen LogP contribution >= 0.6 is 11.6 Å². The molecule has 7 atom stereocenters. The van der Waals surface area contributed by atoms with Gasteiger partial charge in [-0.25, -0.2) is 4.21 Å². The molecular formula is C42H54ClN5O8S. The molecule has 57 heavy (non-hydrogen) atoms. The average Bonchev–Trinajstić information content (AvgIpc) is 3.50. The Morgan fingerprint density at radius 3 is 2.61 bits per heavy atom. The van der Waals surface area contributed by atoms with Crippen LogP contribution < -0.4 is 19.1 Å². The third-order valence-electron chi connectivity index (χ3n) is 11.7. The van der Waals surface area contributed by atoms with Gasteiger partial charge in [0.2, 0.25) is 5.88 Å². The van der Waals surface area contributed by atoms with Crippen LogP contribution in [0.1, 0.15) is 91.6 Å². The highest BCUT2D eigenvalue weighted by atomic mass is 35.5. The molecule has 0 fully saturated rings. The second kappa shape index (κ2) is 17.6. The minimum absolute atomic E-state index is 0.0111. The third-order valence-corrected chi connectivity index (χ3v) is 14.3. The Morgan fingerprint density at radius 1 is 1.12 bits per heavy atom. The van der Waals surface area contributed by atoms with E-state index in [2.05, 4.69) is 38.1 Å². The first-order valence-electron chi connectivity index (χ1n) is 19.6. The van der Waals surface area contributed by atoms with Gasteiger partial charge in [0.1, 0.15) is 27.3 Å². The lowest BCUT2D eigenvalue weighted by Crippen LogP contribution is -2.46. The summed E-state index contributed by atoms with van der Waals surface area (Å²) < 4.78 is 47.4. The number of halogens is 1. The van der Waals surface area contributed by atoms with Crippen molar-refractivity contribution in [3.63, 3.8) is 0 Å². The zero-order chi connectivity index (χ0) is 41.1. The zero-order valence-corrected chi connectivity index (χ0v) is 35.4. The molecule has 1 unspecified atom stereocenters. The highest BCUT2D eigenvalue weighted by Crippen LogP contribution is 2.45. The second-order valence-corrected chi connectivity index (χ2v) is 18.2. The summed E-state index contributed by atoms with van der Waals surface area (Å²) in [6.45, 7) is 8.49. The number of ether oxygens (including phenoxy) is 4. The molecule has 13 nitrogen and oxygen atoms in total. The van der Waals surface area contributed by atoms with Gasteiger partial charge in [-0.2, -0.15) is 0 Å². The van der Waals surface area contributed by atoms with Crippen LogP contribution in [-0.4, -0.2) is 83.1 Å². The van der Waals surface area contributed by atoms with E-state index < -0.39 is 45.0 Å². The van der Waals surface area contributed by atoms with Gasteiger partial charge in [-0.15, -0.1) is 9.46 Å². The number of carbonyl (C=O) groups is 3. The Hall–Kier alpha value is -4.40. The van der Waals surface area contributed by atoms with Crippen LogP contribution in [0.4, 0.5) is 5.69 Å². The largest absolute Gasteiger partial charge is 0.490 e. The molecule has 2 aromatic carbocycles. The number of esters is 1. The molecule has 3 aromatic rings. The first kappa shape index (κ1) is 42.2. The van der Waals surface area contributed by atoms with E-state index in [1.165, 1.54) is 36.0 Å². The van der Waals surface area contributed by atoms with E-state index in [0.29, 0.717) is 30.5 Å². The van der Waals surface area contributed by atoms with Crippen molar-refractivity contribution in [3.8, 4) is 11.6 Å². The molecule has 15 heteroatoms. The number of carbonyl (C=O) groups excluding carboxylic acids is 3. The minimum Gasteiger partial charge on any atom is -0.490 e. The van der Waals surface area contributed by atoms with E-state index in [-0.39, 0.29) is 34.4 Å². The van der Waals surface area contributed by atoms with Crippen LogP contribution in [0.3, 0.4) is 0 Å². The Kier molecular flexibility index (Phi) is 13.0. The first-order valence-corrected chi connectivity index (χ1v) is 21.6. The summed E-state index contributed by atoms with van der Waals surface area (Å²) in [4.78, 5) is 43.0. The van der Waals surface area contributed by atoms with Gasteiger partial charge < -0.3 is 23.8 Å². The molecule has 0 saturated heterocycles. The summed E-state index contributed by atoms with van der Waals surface area (Å²) in [5, 5.41) is 3.85. The number of nitrogens with zero attached hydrogens (tertiary/aromatic N) is 4. The van der Waals surface area contributed by atoms with Gasteiger partial charge in [-0.05, 0) is 92.5 Å². The van der Waals surface area contributed by atoms with Gasteiger partial charge in [0.05, 0.1) is 30.8 Å². The van der Waals surface area contributed by atoms with Gasteiger partial charge in [-0.1, -0.05) is 44.0 Å². The maximum absolute atomic E-state index is 15.2. The summed E-state index contributed by atoms with van der Waals surface area (Å²) in [5.74, 6) is -2.10. The Morgan fingerprint density at radius 2 is 1.89 bits per heavy atom. The standard InChI is InChI=1S/C42H54ClN5O8S/c1-8-10-29-18-20-48-24-42(19-9-11-30-21-32(43)13-14-34(30)42)25-55-38-15-12-31(22-35(38)48)39(50)45-57(52,46-40(51)33-23-47(5)44-41(33)54-7)27(3)26(2)36(56-28(4)49)16-17-37(29)53-6/h12-17,21-23,26-27,29,36-37H,8-11,18-20,24-25H2,1-7H3,(H,45,46,50,51,52)/b17-16+/t26-,27-,29-,36-,37+,42+,57?/m1/s1. The van der Waals surface area contributed by atoms with Crippen molar-refractivity contribution in [1.29, 1.82) is 0 Å². The number of hydrogen-bond acceptors (Lipinski definition) is 10. The minimum atomic E-state index is -3.94. The molecule has 0 saturated carbocycles. The van der Waals surface area contributed by atoms with E-state index >= 15 is 4.21 Å². The van der Waals surface area contributed by atoms with Crippen molar-refractivity contribution in [3.05, 3.63) is 82.0 Å². The Balaban J connectivity index is 1.51. The molecule has 1 aromatic heterocycles. The third kappa shape index (κ3) is 9.02. The Bertz CT molecular complexity index is 2150. The van der Waals surface area contributed by atoms with E-state index in [4.69, 9.17) is 30.5 Å². The van der Waals surface area contributed by atoms with Gasteiger partial charge >= 0.3 is 5.97 Å². The van der Waals surface area contributed by atoms with E-state index in [1.54, 1.807) is 52.3 Å². The van der Waals surface area contributed by atoms with Crippen LogP contribution in [0.15, 0.2) is 59.1 Å². The molecule has 3 aliphatic rings. The number of methoxy groups -OCH3 is 2. The number of aromatic nitrogens is 2. The topological polar surface area (TPSA) is 151 Å². The lowest BCUT2D eigenvalue weighted by Gasteiger charge is -2.41. The molecule has 3 heterocycles. The molecule has 6 rings (SSSR count). The highest BCUT2D eigenvalue weighted by Gasteiger charge is 2.42. The smallest absolute Gasteiger partial charge is 0.303 e. The molecule has 1 aliphatic carbocycles. The first-order chi connectivity index (χ1) is 27.2. The van der Waals surface area contributed by atoms with Crippen molar-refractivity contribution < 1.29 is 37.5 Å². The number of hydrogen-bond donors (Lipinski definition) is 1. The number of fused-ring (bicyclic) bond motifs is 3.